The third-order valence-electron chi connectivity index (χ3n) is 2.49. The summed E-state index contributed by atoms with van der Waals surface area (Å²) in [5.41, 5.74) is 1.08. The first-order valence-corrected chi connectivity index (χ1v) is 7.03. The van der Waals surface area contributed by atoms with Crippen molar-refractivity contribution in [2.75, 3.05) is 13.7 Å². The Morgan fingerprint density at radius 1 is 1.41 bits per heavy atom. The zero-order valence-electron chi connectivity index (χ0n) is 9.96. The first kappa shape index (κ1) is 15.0. The second-order valence-electron chi connectivity index (χ2n) is 3.87. The maximum Gasteiger partial charge on any atom is 0.137 e. The van der Waals surface area contributed by atoms with Gasteiger partial charge in [0, 0.05) is 29.2 Å². The lowest BCUT2D eigenvalue weighted by Crippen LogP contribution is -2.26. The molecule has 1 rings (SSSR count). The van der Waals surface area contributed by atoms with Crippen LogP contribution in [0.4, 0.5) is 0 Å². The number of aliphatic hydroxyl groups is 1. The highest BCUT2D eigenvalue weighted by molar-refractivity contribution is 9.11. The molecule has 0 bridgehead atoms. The van der Waals surface area contributed by atoms with E-state index in [1.165, 1.54) is 0 Å². The summed E-state index contributed by atoms with van der Waals surface area (Å²) in [5, 5.41) is 12.2. The van der Waals surface area contributed by atoms with Gasteiger partial charge in [-0.1, -0.05) is 15.9 Å². The fraction of sp³-hybridized carbons (Fsp3) is 0.500. The second kappa shape index (κ2) is 7.36. The van der Waals surface area contributed by atoms with Gasteiger partial charge in [0.05, 0.1) is 11.6 Å². The topological polar surface area (TPSA) is 41.5 Å². The summed E-state index contributed by atoms with van der Waals surface area (Å²) in [6.07, 6.45) is 0.748. The third kappa shape index (κ3) is 4.58. The molecule has 0 aliphatic rings. The minimum absolute atomic E-state index is 0.202. The highest BCUT2D eigenvalue weighted by Crippen LogP contribution is 2.32. The number of nitrogens with one attached hydrogen (secondary N) is 1. The molecular formula is C12H17Br2NO2. The molecule has 0 aliphatic carbocycles. The van der Waals surface area contributed by atoms with E-state index in [0.29, 0.717) is 6.54 Å². The number of hydrogen-bond donors (Lipinski definition) is 2. The Hall–Kier alpha value is -0.100. The van der Waals surface area contributed by atoms with Gasteiger partial charge in [0.15, 0.2) is 0 Å². The molecule has 0 saturated heterocycles. The van der Waals surface area contributed by atoms with Crippen LogP contribution < -0.4 is 10.1 Å². The van der Waals surface area contributed by atoms with E-state index >= 15 is 0 Å². The van der Waals surface area contributed by atoms with Crippen molar-refractivity contribution in [2.24, 2.45) is 0 Å². The van der Waals surface area contributed by atoms with Crippen LogP contribution in [0, 0.1) is 0 Å². The molecule has 0 aromatic heterocycles. The molecular weight excluding hydrogens is 350 g/mol. The van der Waals surface area contributed by atoms with Gasteiger partial charge in [0.2, 0.25) is 0 Å². The van der Waals surface area contributed by atoms with Crippen LogP contribution in [0.25, 0.3) is 0 Å². The summed E-state index contributed by atoms with van der Waals surface area (Å²) in [4.78, 5) is 0. The minimum Gasteiger partial charge on any atom is -0.495 e. The average molecular weight is 367 g/mol. The third-order valence-corrected chi connectivity index (χ3v) is 3.54. The largest absolute Gasteiger partial charge is 0.495 e. The van der Waals surface area contributed by atoms with Crippen LogP contribution >= 0.6 is 31.9 Å². The number of benzene rings is 1. The molecule has 1 atom stereocenters. The Morgan fingerprint density at radius 2 is 2.12 bits per heavy atom. The lowest BCUT2D eigenvalue weighted by atomic mass is 10.1. The zero-order chi connectivity index (χ0) is 12.8. The molecule has 0 heterocycles. The summed E-state index contributed by atoms with van der Waals surface area (Å²) < 4.78 is 7.31. The lowest BCUT2D eigenvalue weighted by Gasteiger charge is -2.15. The van der Waals surface area contributed by atoms with Gasteiger partial charge in [0.1, 0.15) is 5.75 Å². The zero-order valence-corrected chi connectivity index (χ0v) is 13.1. The maximum absolute atomic E-state index is 8.84. The average Bonchev–Trinajstić information content (AvgIpc) is 2.26. The molecule has 0 saturated carbocycles. The quantitative estimate of drug-likeness (QED) is 0.812. The SMILES string of the molecule is COc1c(Br)cc(Br)cc1CNC(C)CCO. The summed E-state index contributed by atoms with van der Waals surface area (Å²) in [5.74, 6) is 0.844. The minimum atomic E-state index is 0.202. The normalized spacial score (nSPS) is 12.5. The van der Waals surface area contributed by atoms with Crippen LogP contribution in [0.15, 0.2) is 21.1 Å². The Bertz CT molecular complexity index is 372. The van der Waals surface area contributed by atoms with Crippen molar-refractivity contribution >= 4 is 31.9 Å². The molecule has 96 valence electrons. The van der Waals surface area contributed by atoms with Gasteiger partial charge < -0.3 is 15.2 Å². The van der Waals surface area contributed by atoms with Crippen LogP contribution in [0.3, 0.4) is 0 Å². The predicted molar refractivity (Wildman–Crippen MR) is 76.4 cm³/mol. The van der Waals surface area contributed by atoms with Crippen LogP contribution in [0.1, 0.15) is 18.9 Å². The van der Waals surface area contributed by atoms with E-state index in [1.807, 2.05) is 12.1 Å². The molecule has 17 heavy (non-hydrogen) atoms. The molecule has 0 radical (unpaired) electrons. The Balaban J connectivity index is 2.75. The molecule has 1 unspecified atom stereocenters. The maximum atomic E-state index is 8.84. The number of halogens is 2. The summed E-state index contributed by atoms with van der Waals surface area (Å²) >= 11 is 6.93. The van der Waals surface area contributed by atoms with Crippen LogP contribution in [-0.2, 0) is 6.54 Å². The van der Waals surface area contributed by atoms with Gasteiger partial charge >= 0.3 is 0 Å². The fourth-order valence-electron chi connectivity index (χ4n) is 1.55. The lowest BCUT2D eigenvalue weighted by molar-refractivity contribution is 0.268. The van der Waals surface area contributed by atoms with Crippen LogP contribution in [0.2, 0.25) is 0 Å². The second-order valence-corrected chi connectivity index (χ2v) is 5.64. The van der Waals surface area contributed by atoms with E-state index in [0.717, 1.165) is 26.7 Å². The molecule has 1 aromatic rings. The van der Waals surface area contributed by atoms with E-state index in [4.69, 9.17) is 9.84 Å². The van der Waals surface area contributed by atoms with Crippen molar-refractivity contribution in [3.63, 3.8) is 0 Å². The van der Waals surface area contributed by atoms with E-state index in [1.54, 1.807) is 7.11 Å². The molecule has 5 heteroatoms. The van der Waals surface area contributed by atoms with Gasteiger partial charge in [-0.05, 0) is 41.4 Å². The molecule has 0 spiro atoms. The van der Waals surface area contributed by atoms with Gasteiger partial charge in [-0.25, -0.2) is 0 Å². The molecule has 0 aliphatic heterocycles. The monoisotopic (exact) mass is 365 g/mol. The van der Waals surface area contributed by atoms with Gasteiger partial charge in [-0.2, -0.15) is 0 Å². The molecule has 3 nitrogen and oxygen atoms in total. The van der Waals surface area contributed by atoms with Gasteiger partial charge in [0.25, 0.3) is 0 Å². The molecule has 2 N–H and O–H groups in total. The number of methoxy groups -OCH3 is 1. The summed E-state index contributed by atoms with van der Waals surface area (Å²) in [6.45, 7) is 2.96. The van der Waals surface area contributed by atoms with Crippen LogP contribution in [-0.4, -0.2) is 24.9 Å². The van der Waals surface area contributed by atoms with Crippen molar-refractivity contribution in [3.05, 3.63) is 26.6 Å². The first-order chi connectivity index (χ1) is 8.08. The first-order valence-electron chi connectivity index (χ1n) is 5.44. The molecule has 1 aromatic carbocycles. The van der Waals surface area contributed by atoms with Crippen molar-refractivity contribution in [1.82, 2.24) is 5.32 Å². The van der Waals surface area contributed by atoms with E-state index in [9.17, 15) is 0 Å². The number of rotatable bonds is 6. The smallest absolute Gasteiger partial charge is 0.137 e. The number of hydrogen-bond acceptors (Lipinski definition) is 3. The van der Waals surface area contributed by atoms with Gasteiger partial charge in [-0.15, -0.1) is 0 Å². The van der Waals surface area contributed by atoms with E-state index in [-0.39, 0.29) is 12.6 Å². The van der Waals surface area contributed by atoms with E-state index in [2.05, 4.69) is 44.1 Å². The number of ether oxygens (including phenoxy) is 1. The van der Waals surface area contributed by atoms with Crippen molar-refractivity contribution in [3.8, 4) is 5.75 Å². The van der Waals surface area contributed by atoms with Crippen molar-refractivity contribution in [2.45, 2.75) is 25.9 Å². The number of aliphatic hydroxyl groups excluding tert-OH is 1. The predicted octanol–water partition coefficient (Wildman–Crippen LogP) is 3.08. The standard InChI is InChI=1S/C12H17Br2NO2/c1-8(3-4-16)15-7-9-5-10(13)6-11(14)12(9)17-2/h5-6,8,15-16H,3-4,7H2,1-2H3. The van der Waals surface area contributed by atoms with E-state index < -0.39 is 0 Å². The highest BCUT2D eigenvalue weighted by atomic mass is 79.9. The highest BCUT2D eigenvalue weighted by Gasteiger charge is 2.10. The van der Waals surface area contributed by atoms with Crippen molar-refractivity contribution in [1.29, 1.82) is 0 Å². The molecule has 0 amide bonds. The Kier molecular flexibility index (Phi) is 6.48. The van der Waals surface area contributed by atoms with Crippen LogP contribution in [0.5, 0.6) is 5.75 Å². The van der Waals surface area contributed by atoms with Gasteiger partial charge in [-0.3, -0.25) is 0 Å². The molecule has 0 fully saturated rings. The van der Waals surface area contributed by atoms with Crippen molar-refractivity contribution < 1.29 is 9.84 Å². The summed E-state index contributed by atoms with van der Waals surface area (Å²) in [6, 6.07) is 4.27. The Morgan fingerprint density at radius 3 is 2.71 bits per heavy atom. The summed E-state index contributed by atoms with van der Waals surface area (Å²) in [7, 11) is 1.66. The Labute approximate surface area is 119 Å². The fourth-order valence-corrected chi connectivity index (χ4v) is 3.03.